The van der Waals surface area contributed by atoms with Crippen molar-refractivity contribution < 1.29 is 38.4 Å². The van der Waals surface area contributed by atoms with E-state index in [-0.39, 0.29) is 19.8 Å². The molecular formula is C28H26Cl2N2O8. The van der Waals surface area contributed by atoms with Crippen molar-refractivity contribution in [2.24, 2.45) is 0 Å². The first-order chi connectivity index (χ1) is 19.3. The Labute approximate surface area is 240 Å². The first kappa shape index (κ1) is 29.2. The first-order valence-electron chi connectivity index (χ1n) is 12.1. The van der Waals surface area contributed by atoms with E-state index in [1.807, 2.05) is 0 Å². The topological polar surface area (TPSA) is 132 Å². The van der Waals surface area contributed by atoms with E-state index in [4.69, 9.17) is 42.1 Å². The van der Waals surface area contributed by atoms with Crippen LogP contribution in [0.25, 0.3) is 0 Å². The van der Waals surface area contributed by atoms with Crippen LogP contribution >= 0.6 is 23.2 Å². The summed E-state index contributed by atoms with van der Waals surface area (Å²) in [4.78, 5) is 37.7. The predicted octanol–water partition coefficient (Wildman–Crippen LogP) is 4.07. The molecular weight excluding hydrogens is 563 g/mol. The predicted molar refractivity (Wildman–Crippen MR) is 147 cm³/mol. The van der Waals surface area contributed by atoms with Gasteiger partial charge in [0.05, 0.1) is 12.8 Å². The Balaban J connectivity index is 1.35. The number of anilines is 1. The number of hydrogen-bond donors (Lipinski definition) is 3. The average Bonchev–Trinajstić information content (AvgIpc) is 3.44. The maximum atomic E-state index is 12.9. The van der Waals surface area contributed by atoms with E-state index in [1.54, 1.807) is 66.7 Å². The van der Waals surface area contributed by atoms with Crippen molar-refractivity contribution in [3.05, 3.63) is 87.9 Å². The van der Waals surface area contributed by atoms with Crippen LogP contribution in [0.3, 0.4) is 0 Å². The summed E-state index contributed by atoms with van der Waals surface area (Å²) in [5.41, 5.74) is 1.66. The molecule has 0 spiro atoms. The van der Waals surface area contributed by atoms with Gasteiger partial charge in [0.1, 0.15) is 30.9 Å². The molecule has 3 aromatic rings. The van der Waals surface area contributed by atoms with Gasteiger partial charge in [-0.1, -0.05) is 53.5 Å². The van der Waals surface area contributed by atoms with E-state index in [2.05, 4.69) is 10.6 Å². The van der Waals surface area contributed by atoms with Crippen LogP contribution < -0.4 is 20.1 Å². The van der Waals surface area contributed by atoms with Crippen molar-refractivity contribution in [1.29, 1.82) is 0 Å². The van der Waals surface area contributed by atoms with Gasteiger partial charge in [0.2, 0.25) is 0 Å². The second-order valence-electron chi connectivity index (χ2n) is 8.72. The third-order valence-corrected chi connectivity index (χ3v) is 6.78. The zero-order valence-electron chi connectivity index (χ0n) is 21.3. The van der Waals surface area contributed by atoms with Crippen molar-refractivity contribution in [1.82, 2.24) is 5.32 Å². The molecule has 2 amide bonds. The first-order valence-corrected chi connectivity index (χ1v) is 12.9. The number of carboxylic acids is 1. The molecule has 3 N–H and O–H groups in total. The Kier molecular flexibility index (Phi) is 9.84. The lowest BCUT2D eigenvalue weighted by Crippen LogP contribution is -2.51. The van der Waals surface area contributed by atoms with E-state index in [9.17, 15) is 19.5 Å². The van der Waals surface area contributed by atoms with Gasteiger partial charge in [0, 0.05) is 22.0 Å². The molecule has 0 aliphatic carbocycles. The van der Waals surface area contributed by atoms with Gasteiger partial charge in [-0.25, -0.2) is 4.79 Å². The molecule has 1 aliphatic rings. The molecule has 0 bridgehead atoms. The molecule has 1 heterocycles. The minimum absolute atomic E-state index is 0.0245. The molecule has 1 aliphatic heterocycles. The van der Waals surface area contributed by atoms with Crippen LogP contribution in [0.4, 0.5) is 5.69 Å². The van der Waals surface area contributed by atoms with Crippen LogP contribution in [0, 0.1) is 0 Å². The van der Waals surface area contributed by atoms with E-state index in [0.29, 0.717) is 38.4 Å². The molecule has 10 nitrogen and oxygen atoms in total. The number of carbonyl (C=O) groups excluding carboxylic acids is 2. The molecule has 210 valence electrons. The SMILES string of the molecule is COc1ccccc1NC(=O)[C@@H]1OCO[C@H]1C(=O)N[C@@H](Cc1ccc(OCc2c(Cl)cccc2Cl)cc1)C(=O)O. The standard InChI is InChI=1S/C28H26Cl2N2O8/c1-37-23-8-3-2-7-21(23)31-26(33)24-25(40-15-39-24)27(34)32-22(28(35)36)13-16-9-11-17(12-10-16)38-14-18-19(29)5-4-6-20(18)30/h2-12,22,24-25H,13-15H2,1H3,(H,31,33)(H,32,34)(H,35,36)/t22-,24+,25+/m0/s1. The number of rotatable bonds is 11. The van der Waals surface area contributed by atoms with Crippen LogP contribution in [0.1, 0.15) is 11.1 Å². The number of para-hydroxylation sites is 2. The average molecular weight is 589 g/mol. The Hall–Kier alpha value is -3.83. The monoisotopic (exact) mass is 588 g/mol. The highest BCUT2D eigenvalue weighted by atomic mass is 35.5. The van der Waals surface area contributed by atoms with Crippen molar-refractivity contribution in [2.75, 3.05) is 19.2 Å². The third-order valence-electron chi connectivity index (χ3n) is 6.07. The minimum atomic E-state index is -1.34. The number of amides is 2. The highest BCUT2D eigenvalue weighted by Crippen LogP contribution is 2.27. The third kappa shape index (κ3) is 7.22. The number of nitrogens with one attached hydrogen (secondary N) is 2. The maximum Gasteiger partial charge on any atom is 0.326 e. The van der Waals surface area contributed by atoms with Gasteiger partial charge in [-0.3, -0.25) is 9.59 Å². The van der Waals surface area contributed by atoms with Crippen LogP contribution in [0.2, 0.25) is 10.0 Å². The fraction of sp³-hybridized carbons (Fsp3) is 0.250. The summed E-state index contributed by atoms with van der Waals surface area (Å²) < 4.78 is 21.6. The number of carbonyl (C=O) groups is 3. The second kappa shape index (κ2) is 13.5. The lowest BCUT2D eigenvalue weighted by Gasteiger charge is -2.20. The zero-order valence-corrected chi connectivity index (χ0v) is 22.8. The summed E-state index contributed by atoms with van der Waals surface area (Å²) in [6, 6.07) is 17.3. The Bertz CT molecular complexity index is 1350. The highest BCUT2D eigenvalue weighted by molar-refractivity contribution is 6.35. The number of benzene rings is 3. The van der Waals surface area contributed by atoms with Gasteiger partial charge < -0.3 is 34.7 Å². The van der Waals surface area contributed by atoms with Crippen LogP contribution in [0.15, 0.2) is 66.7 Å². The molecule has 1 fully saturated rings. The smallest absolute Gasteiger partial charge is 0.326 e. The Morgan fingerprint density at radius 2 is 1.60 bits per heavy atom. The molecule has 3 atom stereocenters. The lowest BCUT2D eigenvalue weighted by atomic mass is 10.0. The molecule has 0 radical (unpaired) electrons. The van der Waals surface area contributed by atoms with Gasteiger partial charge in [-0.15, -0.1) is 0 Å². The van der Waals surface area contributed by atoms with Crippen molar-refractivity contribution in [3.8, 4) is 11.5 Å². The molecule has 0 unspecified atom stereocenters. The van der Waals surface area contributed by atoms with E-state index in [1.165, 1.54) is 7.11 Å². The molecule has 0 aromatic heterocycles. The second-order valence-corrected chi connectivity index (χ2v) is 9.53. The van der Waals surface area contributed by atoms with Crippen LogP contribution in [0.5, 0.6) is 11.5 Å². The molecule has 12 heteroatoms. The highest BCUT2D eigenvalue weighted by Gasteiger charge is 2.42. The largest absolute Gasteiger partial charge is 0.495 e. The number of hydrogen-bond acceptors (Lipinski definition) is 7. The summed E-state index contributed by atoms with van der Waals surface area (Å²) in [6.45, 7) is -0.151. The number of halogens is 2. The summed E-state index contributed by atoms with van der Waals surface area (Å²) in [5.74, 6) is -1.73. The van der Waals surface area contributed by atoms with Gasteiger partial charge in [-0.2, -0.15) is 0 Å². The van der Waals surface area contributed by atoms with Crippen LogP contribution in [-0.2, 0) is 36.9 Å². The maximum absolute atomic E-state index is 12.9. The number of carboxylic acid groups (broad SMARTS) is 1. The fourth-order valence-corrected chi connectivity index (χ4v) is 4.48. The van der Waals surface area contributed by atoms with E-state index in [0.717, 1.165) is 0 Å². The summed E-state index contributed by atoms with van der Waals surface area (Å²) in [6.07, 6.45) is -2.66. The normalized spacial score (nSPS) is 17.1. The minimum Gasteiger partial charge on any atom is -0.495 e. The fourth-order valence-electron chi connectivity index (χ4n) is 3.98. The van der Waals surface area contributed by atoms with Gasteiger partial charge >= 0.3 is 5.97 Å². The quantitative estimate of drug-likeness (QED) is 0.305. The molecule has 4 rings (SSSR count). The lowest BCUT2D eigenvalue weighted by molar-refractivity contribution is -0.144. The Morgan fingerprint density at radius 3 is 2.25 bits per heavy atom. The van der Waals surface area contributed by atoms with Gasteiger partial charge in [-0.05, 0) is 42.0 Å². The zero-order chi connectivity index (χ0) is 28.6. The summed E-state index contributed by atoms with van der Waals surface area (Å²) in [5, 5.41) is 15.8. The van der Waals surface area contributed by atoms with Crippen molar-refractivity contribution in [2.45, 2.75) is 31.3 Å². The van der Waals surface area contributed by atoms with Crippen molar-refractivity contribution >= 4 is 46.7 Å². The van der Waals surface area contributed by atoms with Crippen molar-refractivity contribution in [3.63, 3.8) is 0 Å². The van der Waals surface area contributed by atoms with E-state index < -0.39 is 36.0 Å². The molecule has 1 saturated heterocycles. The van der Waals surface area contributed by atoms with Crippen LogP contribution in [-0.4, -0.2) is 55.0 Å². The van der Waals surface area contributed by atoms with Gasteiger partial charge in [0.15, 0.2) is 12.2 Å². The summed E-state index contributed by atoms with van der Waals surface area (Å²) >= 11 is 12.3. The molecule has 0 saturated carbocycles. The number of ether oxygens (including phenoxy) is 4. The summed E-state index contributed by atoms with van der Waals surface area (Å²) in [7, 11) is 1.46. The molecule has 3 aromatic carbocycles. The van der Waals surface area contributed by atoms with E-state index >= 15 is 0 Å². The molecule has 40 heavy (non-hydrogen) atoms. The number of methoxy groups -OCH3 is 1. The number of aliphatic carboxylic acids is 1. The van der Waals surface area contributed by atoms with Gasteiger partial charge in [0.25, 0.3) is 11.8 Å². The Morgan fingerprint density at radius 1 is 0.950 bits per heavy atom.